The average molecular weight is 287 g/mol. The lowest BCUT2D eigenvalue weighted by Gasteiger charge is -2.36. The Hall–Kier alpha value is -0.620. The lowest BCUT2D eigenvalue weighted by atomic mass is 9.84. The van der Waals surface area contributed by atoms with Gasteiger partial charge in [0.15, 0.2) is 9.84 Å². The quantitative estimate of drug-likeness (QED) is 0.816. The van der Waals surface area contributed by atoms with E-state index in [4.69, 9.17) is 0 Å². The molecular formula is C13H21NO4S. The van der Waals surface area contributed by atoms with Crippen molar-refractivity contribution in [1.82, 2.24) is 4.90 Å². The van der Waals surface area contributed by atoms with Gasteiger partial charge < -0.3 is 5.11 Å². The Morgan fingerprint density at radius 2 is 1.89 bits per heavy atom. The van der Waals surface area contributed by atoms with E-state index in [-0.39, 0.29) is 17.5 Å². The summed E-state index contributed by atoms with van der Waals surface area (Å²) in [6, 6.07) is -0.237. The molecule has 4 atom stereocenters. The third-order valence-electron chi connectivity index (χ3n) is 5.05. The highest BCUT2D eigenvalue weighted by Crippen LogP contribution is 2.42. The van der Waals surface area contributed by atoms with Crippen molar-refractivity contribution in [3.8, 4) is 0 Å². The van der Waals surface area contributed by atoms with Gasteiger partial charge in [0.2, 0.25) is 0 Å². The van der Waals surface area contributed by atoms with Gasteiger partial charge in [-0.1, -0.05) is 12.8 Å². The molecule has 19 heavy (non-hydrogen) atoms. The molecule has 0 amide bonds. The van der Waals surface area contributed by atoms with Crippen LogP contribution in [0.2, 0.25) is 0 Å². The van der Waals surface area contributed by atoms with E-state index < -0.39 is 21.8 Å². The van der Waals surface area contributed by atoms with E-state index in [1.165, 1.54) is 6.42 Å². The molecule has 5 nitrogen and oxygen atoms in total. The number of likely N-dealkylation sites (tertiary alicyclic amines) is 1. The van der Waals surface area contributed by atoms with Gasteiger partial charge in [-0.05, 0) is 31.6 Å². The molecule has 2 aliphatic heterocycles. The summed E-state index contributed by atoms with van der Waals surface area (Å²) in [5.74, 6) is 0.0505. The molecule has 3 fully saturated rings. The molecule has 108 valence electrons. The van der Waals surface area contributed by atoms with E-state index in [0.717, 1.165) is 19.3 Å². The zero-order valence-corrected chi connectivity index (χ0v) is 11.8. The van der Waals surface area contributed by atoms with E-state index in [0.29, 0.717) is 24.8 Å². The molecule has 0 aromatic carbocycles. The first-order valence-corrected chi connectivity index (χ1v) is 9.01. The van der Waals surface area contributed by atoms with Crippen molar-refractivity contribution >= 4 is 15.8 Å². The fraction of sp³-hybridized carbons (Fsp3) is 0.923. The highest BCUT2D eigenvalue weighted by Gasteiger charge is 2.49. The van der Waals surface area contributed by atoms with Crippen molar-refractivity contribution in [2.24, 2.45) is 5.92 Å². The summed E-state index contributed by atoms with van der Waals surface area (Å²) < 4.78 is 23.3. The van der Waals surface area contributed by atoms with Crippen LogP contribution in [-0.4, -0.2) is 54.0 Å². The van der Waals surface area contributed by atoms with Crippen molar-refractivity contribution in [2.75, 3.05) is 11.5 Å². The molecule has 0 aromatic heterocycles. The van der Waals surface area contributed by atoms with Crippen molar-refractivity contribution in [3.05, 3.63) is 0 Å². The number of carbonyl (C=O) groups is 1. The van der Waals surface area contributed by atoms with Gasteiger partial charge in [0.1, 0.15) is 6.04 Å². The number of carboxylic acids is 1. The predicted octanol–water partition coefficient (Wildman–Crippen LogP) is 0.891. The number of carboxylic acid groups (broad SMARTS) is 1. The summed E-state index contributed by atoms with van der Waals surface area (Å²) in [7, 11) is -2.95. The number of sulfone groups is 1. The SMILES string of the molecule is O=C(O)C1CC2CCCCC2N1C1CCS(=O)(=O)C1. The summed E-state index contributed by atoms with van der Waals surface area (Å²) in [6.07, 6.45) is 5.77. The smallest absolute Gasteiger partial charge is 0.320 e. The van der Waals surface area contributed by atoms with Gasteiger partial charge in [-0.15, -0.1) is 0 Å². The topological polar surface area (TPSA) is 74.7 Å². The zero-order valence-electron chi connectivity index (χ0n) is 11.0. The minimum absolute atomic E-state index is 0.0702. The zero-order chi connectivity index (χ0) is 13.6. The molecule has 0 spiro atoms. The van der Waals surface area contributed by atoms with Crippen molar-refractivity contribution in [2.45, 2.75) is 56.7 Å². The first-order valence-electron chi connectivity index (χ1n) is 7.18. The van der Waals surface area contributed by atoms with E-state index in [9.17, 15) is 18.3 Å². The van der Waals surface area contributed by atoms with E-state index in [1.54, 1.807) is 0 Å². The Labute approximate surface area is 113 Å². The fourth-order valence-electron chi connectivity index (χ4n) is 4.26. The molecule has 6 heteroatoms. The van der Waals surface area contributed by atoms with Crippen molar-refractivity contribution in [1.29, 1.82) is 0 Å². The molecule has 0 radical (unpaired) electrons. The number of nitrogens with zero attached hydrogens (tertiary/aromatic N) is 1. The minimum Gasteiger partial charge on any atom is -0.480 e. The average Bonchev–Trinajstić information content (AvgIpc) is 2.89. The lowest BCUT2D eigenvalue weighted by molar-refractivity contribution is -0.143. The minimum atomic E-state index is -2.95. The molecule has 3 aliphatic rings. The van der Waals surface area contributed by atoms with Crippen LogP contribution in [-0.2, 0) is 14.6 Å². The highest BCUT2D eigenvalue weighted by atomic mass is 32.2. The second-order valence-electron chi connectivity index (χ2n) is 6.21. The van der Waals surface area contributed by atoms with Gasteiger partial charge in [-0.25, -0.2) is 8.42 Å². The normalized spacial score (nSPS) is 42.1. The third kappa shape index (κ3) is 2.40. The Kier molecular flexibility index (Phi) is 3.33. The molecule has 1 aliphatic carbocycles. The monoisotopic (exact) mass is 287 g/mol. The van der Waals surface area contributed by atoms with Crippen molar-refractivity contribution < 1.29 is 18.3 Å². The molecule has 1 N–H and O–H groups in total. The molecule has 4 unspecified atom stereocenters. The largest absolute Gasteiger partial charge is 0.480 e. The van der Waals surface area contributed by atoms with Gasteiger partial charge in [-0.2, -0.15) is 0 Å². The van der Waals surface area contributed by atoms with E-state index >= 15 is 0 Å². The Morgan fingerprint density at radius 3 is 2.53 bits per heavy atom. The third-order valence-corrected chi connectivity index (χ3v) is 6.80. The van der Waals surface area contributed by atoms with Crippen LogP contribution in [0.4, 0.5) is 0 Å². The molecule has 2 saturated heterocycles. The maximum absolute atomic E-state index is 11.7. The summed E-state index contributed by atoms with van der Waals surface area (Å²) in [4.78, 5) is 13.5. The summed E-state index contributed by atoms with van der Waals surface area (Å²) in [5.41, 5.74) is 0. The number of fused-ring (bicyclic) bond motifs is 1. The lowest BCUT2D eigenvalue weighted by Crippen LogP contribution is -2.49. The second kappa shape index (κ2) is 4.74. The molecule has 1 saturated carbocycles. The number of rotatable bonds is 2. The van der Waals surface area contributed by atoms with E-state index in [1.807, 2.05) is 0 Å². The van der Waals surface area contributed by atoms with Gasteiger partial charge in [0.25, 0.3) is 0 Å². The molecule has 3 rings (SSSR count). The highest BCUT2D eigenvalue weighted by molar-refractivity contribution is 7.91. The summed E-state index contributed by atoms with van der Waals surface area (Å²) in [6.45, 7) is 0. The Balaban J connectivity index is 1.85. The van der Waals surface area contributed by atoms with Crippen LogP contribution < -0.4 is 0 Å². The first-order chi connectivity index (χ1) is 8.98. The first kappa shape index (κ1) is 13.4. The van der Waals surface area contributed by atoms with Crippen LogP contribution in [0.15, 0.2) is 0 Å². The maximum Gasteiger partial charge on any atom is 0.320 e. The Bertz CT molecular complexity index is 475. The summed E-state index contributed by atoms with van der Waals surface area (Å²) in [5, 5.41) is 9.43. The standard InChI is InChI=1S/C13H21NO4S/c15-13(16)12-7-9-3-1-2-4-11(9)14(12)10-5-6-19(17,18)8-10/h9-12H,1-8H2,(H,15,16). The van der Waals surface area contributed by atoms with Gasteiger partial charge in [0, 0.05) is 12.1 Å². The maximum atomic E-state index is 11.7. The molecule has 0 aromatic rings. The van der Waals surface area contributed by atoms with Crippen LogP contribution in [0.5, 0.6) is 0 Å². The van der Waals surface area contributed by atoms with Crippen LogP contribution >= 0.6 is 0 Å². The van der Waals surface area contributed by atoms with Crippen LogP contribution in [0.25, 0.3) is 0 Å². The van der Waals surface area contributed by atoms with Gasteiger partial charge in [0.05, 0.1) is 11.5 Å². The van der Waals surface area contributed by atoms with Crippen LogP contribution in [0.1, 0.15) is 38.5 Å². The molecule has 2 heterocycles. The van der Waals surface area contributed by atoms with Crippen LogP contribution in [0, 0.1) is 5.92 Å². The van der Waals surface area contributed by atoms with Crippen molar-refractivity contribution in [3.63, 3.8) is 0 Å². The molecular weight excluding hydrogens is 266 g/mol. The number of hydrogen-bond acceptors (Lipinski definition) is 4. The van der Waals surface area contributed by atoms with E-state index in [2.05, 4.69) is 4.90 Å². The fourth-order valence-corrected chi connectivity index (χ4v) is 5.98. The number of aliphatic carboxylic acids is 1. The Morgan fingerprint density at radius 1 is 1.16 bits per heavy atom. The molecule has 0 bridgehead atoms. The second-order valence-corrected chi connectivity index (χ2v) is 8.43. The van der Waals surface area contributed by atoms with Crippen LogP contribution in [0.3, 0.4) is 0 Å². The predicted molar refractivity (Wildman–Crippen MR) is 70.7 cm³/mol. The van der Waals surface area contributed by atoms with Gasteiger partial charge in [-0.3, -0.25) is 9.69 Å². The summed E-state index contributed by atoms with van der Waals surface area (Å²) >= 11 is 0. The van der Waals surface area contributed by atoms with Gasteiger partial charge >= 0.3 is 5.97 Å². The number of hydrogen-bond donors (Lipinski definition) is 1.